The minimum absolute atomic E-state index is 0.684. The molecule has 0 N–H and O–H groups in total. The number of nitrogens with zero attached hydrogens (tertiary/aromatic N) is 4. The number of tetrazole rings is 1. The maximum absolute atomic E-state index is 4.64. The van der Waals surface area contributed by atoms with Crippen molar-refractivity contribution in [1.82, 2.24) is 20.2 Å². The quantitative estimate of drug-likeness (QED) is 0.190. The van der Waals surface area contributed by atoms with E-state index in [0.717, 1.165) is 26.7 Å². The Morgan fingerprint density at radius 3 is 1.52 bits per heavy atom. The largest absolute Gasteiger partial charge is 0.205 e. The van der Waals surface area contributed by atoms with E-state index in [1.165, 1.54) is 6.38 Å². The molecule has 0 atom stereocenters. The monoisotopic (exact) mass is 516 g/mol. The third kappa shape index (κ3) is 4.22. The second-order valence-electron chi connectivity index (χ2n) is 7.20. The van der Waals surface area contributed by atoms with Gasteiger partial charge in [0.2, 0.25) is 0 Å². The maximum atomic E-state index is 4.64. The average Bonchev–Trinajstić information content (AvgIpc) is 3.38. The second-order valence-corrected chi connectivity index (χ2v) is 8.06. The Balaban J connectivity index is 0.00000126. The third-order valence-electron chi connectivity index (χ3n) is 5.48. The van der Waals surface area contributed by atoms with Crippen LogP contribution in [0, 0.1) is 0 Å². The van der Waals surface area contributed by atoms with Crippen LogP contribution in [0.25, 0.3) is 11.4 Å². The van der Waals surface area contributed by atoms with E-state index in [0.29, 0.717) is 5.82 Å². The normalized spacial score (nSPS) is 10.9. The highest BCUT2D eigenvalue weighted by Crippen LogP contribution is 2.42. The van der Waals surface area contributed by atoms with E-state index in [2.05, 4.69) is 116 Å². The molecule has 0 aliphatic rings. The Morgan fingerprint density at radius 1 is 0.636 bits per heavy atom. The van der Waals surface area contributed by atoms with E-state index in [4.69, 9.17) is 0 Å². The number of halogens is 2. The van der Waals surface area contributed by atoms with Crippen LogP contribution in [0.3, 0.4) is 0 Å². The lowest BCUT2D eigenvalue weighted by molar-refractivity contribution is 0.451. The van der Waals surface area contributed by atoms with Crippen molar-refractivity contribution in [3.8, 4) is 11.4 Å². The highest BCUT2D eigenvalue weighted by molar-refractivity contribution is 9.10. The van der Waals surface area contributed by atoms with E-state index in [1.807, 2.05) is 47.1 Å². The molecule has 0 fully saturated rings. The number of aromatic nitrogens is 4. The summed E-state index contributed by atoms with van der Waals surface area (Å²) in [6.07, 6.45) is 1.47. The van der Waals surface area contributed by atoms with Crippen LogP contribution in [0.2, 0.25) is 0 Å². The molecule has 0 spiro atoms. The predicted octanol–water partition coefficient (Wildman–Crippen LogP) is 6.80. The molecule has 164 valence electrons. The fourth-order valence-corrected chi connectivity index (χ4v) is 4.59. The topological polar surface area (TPSA) is 43.6 Å². The van der Waals surface area contributed by atoms with Crippen molar-refractivity contribution >= 4 is 27.5 Å². The minimum Gasteiger partial charge on any atom is -0.205 e. The summed E-state index contributed by atoms with van der Waals surface area (Å²) < 4.78 is 2.88. The zero-order chi connectivity index (χ0) is 23.1. The van der Waals surface area contributed by atoms with Crippen molar-refractivity contribution in [2.75, 3.05) is 6.38 Å². The van der Waals surface area contributed by atoms with E-state index < -0.39 is 5.54 Å². The van der Waals surface area contributed by atoms with E-state index in [9.17, 15) is 0 Å². The molecule has 0 bridgehead atoms. The molecule has 4 aromatic carbocycles. The van der Waals surface area contributed by atoms with Gasteiger partial charge in [0.25, 0.3) is 0 Å². The Morgan fingerprint density at radius 2 is 1.06 bits per heavy atom. The summed E-state index contributed by atoms with van der Waals surface area (Å²) in [5, 5.41) is 13.2. The lowest BCUT2D eigenvalue weighted by Crippen LogP contribution is -2.39. The van der Waals surface area contributed by atoms with E-state index in [-0.39, 0.29) is 0 Å². The molecule has 0 aliphatic heterocycles. The molecular weight excluding hydrogens is 496 g/mol. The SMILES string of the molecule is Brc1ccccc1-c1nnnn1C(c1ccccc1)(c1ccccc1)c1ccccc1.CCl. The predicted molar refractivity (Wildman–Crippen MR) is 137 cm³/mol. The van der Waals surface area contributed by atoms with Gasteiger partial charge >= 0.3 is 0 Å². The zero-order valence-electron chi connectivity index (χ0n) is 18.0. The van der Waals surface area contributed by atoms with Gasteiger partial charge in [0.1, 0.15) is 5.54 Å². The van der Waals surface area contributed by atoms with Crippen molar-refractivity contribution in [1.29, 1.82) is 0 Å². The summed E-state index contributed by atoms with van der Waals surface area (Å²) >= 11 is 8.32. The van der Waals surface area contributed by atoms with Gasteiger partial charge in [-0.05, 0) is 39.2 Å². The number of hydrogen-bond acceptors (Lipinski definition) is 3. The molecular formula is C27H22BrClN4. The minimum atomic E-state index is -0.752. The van der Waals surface area contributed by atoms with Crippen LogP contribution < -0.4 is 0 Å². The van der Waals surface area contributed by atoms with Crippen LogP contribution in [0.15, 0.2) is 120 Å². The highest BCUT2D eigenvalue weighted by Gasteiger charge is 2.41. The number of alkyl halides is 1. The molecule has 1 heterocycles. The molecule has 1 aromatic heterocycles. The zero-order valence-corrected chi connectivity index (χ0v) is 20.4. The molecule has 0 radical (unpaired) electrons. The van der Waals surface area contributed by atoms with Gasteiger partial charge in [-0.2, -0.15) is 0 Å². The fraction of sp³-hybridized carbons (Fsp3) is 0.0741. The van der Waals surface area contributed by atoms with Crippen LogP contribution in [-0.4, -0.2) is 26.6 Å². The Labute approximate surface area is 207 Å². The fourth-order valence-electron chi connectivity index (χ4n) is 4.13. The van der Waals surface area contributed by atoms with Crippen molar-refractivity contribution < 1.29 is 0 Å². The van der Waals surface area contributed by atoms with Crippen LogP contribution in [0.4, 0.5) is 0 Å². The van der Waals surface area contributed by atoms with Crippen LogP contribution in [0.1, 0.15) is 16.7 Å². The van der Waals surface area contributed by atoms with Gasteiger partial charge in [0, 0.05) is 16.4 Å². The first-order chi connectivity index (χ1) is 16.3. The van der Waals surface area contributed by atoms with Crippen molar-refractivity contribution in [3.63, 3.8) is 0 Å². The number of hydrogen-bond donors (Lipinski definition) is 0. The Bertz CT molecular complexity index is 1190. The highest BCUT2D eigenvalue weighted by atomic mass is 79.9. The summed E-state index contributed by atoms with van der Waals surface area (Å²) in [6.45, 7) is 0. The Hall–Kier alpha value is -3.28. The first-order valence-electron chi connectivity index (χ1n) is 10.4. The van der Waals surface area contributed by atoms with E-state index in [1.54, 1.807) is 0 Å². The van der Waals surface area contributed by atoms with Gasteiger partial charge in [0.15, 0.2) is 5.82 Å². The summed E-state index contributed by atoms with van der Waals surface area (Å²) in [4.78, 5) is 0. The summed E-state index contributed by atoms with van der Waals surface area (Å²) in [5.41, 5.74) is 3.41. The summed E-state index contributed by atoms with van der Waals surface area (Å²) in [7, 11) is 0. The van der Waals surface area contributed by atoms with E-state index >= 15 is 0 Å². The molecule has 6 heteroatoms. The number of benzene rings is 4. The summed E-state index contributed by atoms with van der Waals surface area (Å²) in [5.74, 6) is 0.684. The summed E-state index contributed by atoms with van der Waals surface area (Å²) in [6, 6.07) is 39.2. The molecule has 5 rings (SSSR count). The molecule has 5 aromatic rings. The van der Waals surface area contributed by atoms with Gasteiger partial charge < -0.3 is 0 Å². The second kappa shape index (κ2) is 10.6. The molecule has 0 saturated heterocycles. The van der Waals surface area contributed by atoms with Crippen molar-refractivity contribution in [3.05, 3.63) is 136 Å². The maximum Gasteiger partial charge on any atom is 0.184 e. The van der Waals surface area contributed by atoms with Crippen molar-refractivity contribution in [2.24, 2.45) is 0 Å². The third-order valence-corrected chi connectivity index (χ3v) is 6.17. The molecule has 0 unspecified atom stereocenters. The van der Waals surface area contributed by atoms with Crippen LogP contribution >= 0.6 is 27.5 Å². The van der Waals surface area contributed by atoms with Gasteiger partial charge in [-0.25, -0.2) is 4.68 Å². The van der Waals surface area contributed by atoms with Gasteiger partial charge in [-0.3, -0.25) is 0 Å². The molecule has 4 nitrogen and oxygen atoms in total. The van der Waals surface area contributed by atoms with Gasteiger partial charge in [-0.1, -0.05) is 119 Å². The number of rotatable bonds is 5. The Kier molecular flexibility index (Phi) is 7.33. The first-order valence-corrected chi connectivity index (χ1v) is 11.9. The van der Waals surface area contributed by atoms with Gasteiger partial charge in [0.05, 0.1) is 0 Å². The lowest BCUT2D eigenvalue weighted by Gasteiger charge is -2.36. The van der Waals surface area contributed by atoms with Crippen molar-refractivity contribution in [2.45, 2.75) is 5.54 Å². The lowest BCUT2D eigenvalue weighted by atomic mass is 9.77. The standard InChI is InChI=1S/C26H19BrN4.CH3Cl/c27-24-19-11-10-18-23(24)25-28-29-30-31(25)26(20-12-4-1-5-13-20,21-14-6-2-7-15-21)22-16-8-3-9-17-22;1-2/h1-19H;1H3. The average molecular weight is 518 g/mol. The van der Waals surface area contributed by atoms with Crippen LogP contribution in [-0.2, 0) is 5.54 Å². The van der Waals surface area contributed by atoms with Crippen LogP contribution in [0.5, 0.6) is 0 Å². The molecule has 33 heavy (non-hydrogen) atoms. The smallest absolute Gasteiger partial charge is 0.184 e. The molecule has 0 aliphatic carbocycles. The first kappa shape index (κ1) is 22.9. The molecule has 0 saturated carbocycles. The van der Waals surface area contributed by atoms with Gasteiger partial charge in [-0.15, -0.1) is 16.7 Å². The molecule has 0 amide bonds.